The normalized spacial score (nSPS) is 22.0. The van der Waals surface area contributed by atoms with Gasteiger partial charge in [-0.1, -0.05) is 13.8 Å². The van der Waals surface area contributed by atoms with Crippen LogP contribution in [-0.4, -0.2) is 31.7 Å². The van der Waals surface area contributed by atoms with E-state index in [0.717, 1.165) is 30.0 Å². The van der Waals surface area contributed by atoms with E-state index in [9.17, 15) is 8.78 Å². The summed E-state index contributed by atoms with van der Waals surface area (Å²) in [6.07, 6.45) is 5.84. The van der Waals surface area contributed by atoms with Crippen LogP contribution < -0.4 is 5.32 Å². The van der Waals surface area contributed by atoms with Gasteiger partial charge in [-0.25, -0.2) is 18.4 Å². The van der Waals surface area contributed by atoms with Crippen molar-refractivity contribution in [2.24, 2.45) is 11.3 Å². The first-order valence-electron chi connectivity index (χ1n) is 10.2. The molecule has 5 nitrogen and oxygen atoms in total. The first kappa shape index (κ1) is 19.3. The van der Waals surface area contributed by atoms with Crippen LogP contribution in [0.15, 0.2) is 18.3 Å². The van der Waals surface area contributed by atoms with Crippen LogP contribution in [0.25, 0.3) is 5.95 Å². The van der Waals surface area contributed by atoms with Crippen molar-refractivity contribution in [3.8, 4) is 5.95 Å². The van der Waals surface area contributed by atoms with Gasteiger partial charge in [0, 0.05) is 36.8 Å². The van der Waals surface area contributed by atoms with Gasteiger partial charge in [0.1, 0.15) is 5.82 Å². The molecule has 2 saturated carbocycles. The largest absolute Gasteiger partial charge is 0.367 e. The molecule has 28 heavy (non-hydrogen) atoms. The summed E-state index contributed by atoms with van der Waals surface area (Å²) in [5.41, 5.74) is 2.18. The van der Waals surface area contributed by atoms with E-state index >= 15 is 0 Å². The molecule has 2 aromatic rings. The van der Waals surface area contributed by atoms with Crippen molar-refractivity contribution < 1.29 is 8.78 Å². The molecule has 2 heterocycles. The molecule has 0 saturated heterocycles. The van der Waals surface area contributed by atoms with Gasteiger partial charge in [0.25, 0.3) is 5.95 Å². The minimum Gasteiger partial charge on any atom is -0.367 e. The zero-order valence-electron chi connectivity index (χ0n) is 16.9. The van der Waals surface area contributed by atoms with E-state index in [-0.39, 0.29) is 18.8 Å². The molecule has 1 N–H and O–H groups in total. The highest BCUT2D eigenvalue weighted by atomic mass is 19.3. The van der Waals surface area contributed by atoms with Crippen molar-refractivity contribution in [3.63, 3.8) is 0 Å². The number of alkyl halides is 2. The molecule has 2 aromatic heterocycles. The third-order valence-corrected chi connectivity index (χ3v) is 5.98. The van der Waals surface area contributed by atoms with Crippen molar-refractivity contribution >= 4 is 5.82 Å². The minimum absolute atomic E-state index is 0.0176. The average Bonchev–Trinajstić information content (AvgIpc) is 3.02. The predicted molar refractivity (Wildman–Crippen MR) is 105 cm³/mol. The predicted octanol–water partition coefficient (Wildman–Crippen LogP) is 4.94. The maximum Gasteiger partial charge on any atom is 0.252 e. The van der Waals surface area contributed by atoms with Crippen LogP contribution in [0.2, 0.25) is 0 Å². The molecule has 2 aliphatic rings. The lowest BCUT2D eigenvalue weighted by atomic mass is 9.68. The lowest BCUT2D eigenvalue weighted by molar-refractivity contribution is -0.0457. The van der Waals surface area contributed by atoms with E-state index in [0.29, 0.717) is 36.7 Å². The number of aryl methyl sites for hydroxylation is 1. The van der Waals surface area contributed by atoms with Crippen LogP contribution in [0.3, 0.4) is 0 Å². The molecule has 7 heteroatoms. The zero-order chi connectivity index (χ0) is 19.9. The molecule has 2 fully saturated rings. The highest BCUT2D eigenvalue weighted by Gasteiger charge is 2.37. The first-order valence-corrected chi connectivity index (χ1v) is 10.2. The van der Waals surface area contributed by atoms with Crippen molar-refractivity contribution in [2.75, 3.05) is 5.32 Å². The van der Waals surface area contributed by atoms with Crippen molar-refractivity contribution in [1.82, 2.24) is 19.7 Å². The molecule has 0 amide bonds. The van der Waals surface area contributed by atoms with Crippen molar-refractivity contribution in [3.05, 3.63) is 29.7 Å². The minimum atomic E-state index is -2.50. The maximum absolute atomic E-state index is 13.5. The summed E-state index contributed by atoms with van der Waals surface area (Å²) in [7, 11) is 0. The maximum atomic E-state index is 13.5. The summed E-state index contributed by atoms with van der Waals surface area (Å²) in [5.74, 6) is -0.913. The summed E-state index contributed by atoms with van der Waals surface area (Å²) >= 11 is 0. The average molecular weight is 389 g/mol. The Kier molecular flexibility index (Phi) is 4.88. The number of nitrogens with one attached hydrogen (secondary N) is 1. The standard InChI is InChI=1S/C21H29F2N5/c1-14-6-9-28(27-14)19-25-16(10-15-4-7-21(22,23)8-5-15)11-18(26-19)24-17-12-20(2,3)13-17/h6,9,11,15,17H,4-5,7-8,10,12-13H2,1-3H3,(H,24,25,26). The first-order chi connectivity index (χ1) is 13.2. The van der Waals surface area contributed by atoms with Crippen LogP contribution in [-0.2, 0) is 6.42 Å². The fourth-order valence-corrected chi connectivity index (χ4v) is 4.48. The Morgan fingerprint density at radius 3 is 2.50 bits per heavy atom. The number of nitrogens with zero attached hydrogens (tertiary/aromatic N) is 4. The number of halogens is 2. The Hall–Kier alpha value is -2.05. The summed E-state index contributed by atoms with van der Waals surface area (Å²) in [6.45, 7) is 6.47. The van der Waals surface area contributed by atoms with Gasteiger partial charge in [0.2, 0.25) is 5.92 Å². The molecule has 152 valence electrons. The SMILES string of the molecule is Cc1ccn(-c2nc(CC3CCC(F)(F)CC3)cc(NC3CC(C)(C)C3)n2)n1. The highest BCUT2D eigenvalue weighted by molar-refractivity contribution is 5.41. The van der Waals surface area contributed by atoms with Crippen LogP contribution in [0.4, 0.5) is 14.6 Å². The second-order valence-electron chi connectivity index (χ2n) is 9.36. The molecule has 0 atom stereocenters. The molecular weight excluding hydrogens is 360 g/mol. The quantitative estimate of drug-likeness (QED) is 0.787. The molecule has 0 radical (unpaired) electrons. The van der Waals surface area contributed by atoms with Gasteiger partial charge in [-0.3, -0.25) is 0 Å². The van der Waals surface area contributed by atoms with E-state index in [1.807, 2.05) is 25.3 Å². The van der Waals surface area contributed by atoms with Crippen LogP contribution in [0, 0.1) is 18.3 Å². The molecular formula is C21H29F2N5. The highest BCUT2D eigenvalue weighted by Crippen LogP contribution is 2.41. The van der Waals surface area contributed by atoms with Gasteiger partial charge in [-0.05, 0) is 56.4 Å². The van der Waals surface area contributed by atoms with Gasteiger partial charge in [-0.15, -0.1) is 0 Å². The van der Waals surface area contributed by atoms with E-state index < -0.39 is 5.92 Å². The molecule has 0 aromatic carbocycles. The fourth-order valence-electron chi connectivity index (χ4n) is 4.48. The summed E-state index contributed by atoms with van der Waals surface area (Å²) in [4.78, 5) is 9.35. The van der Waals surface area contributed by atoms with E-state index in [1.165, 1.54) is 0 Å². The molecule has 0 spiro atoms. The molecule has 0 bridgehead atoms. The third-order valence-electron chi connectivity index (χ3n) is 5.98. The number of hydrogen-bond donors (Lipinski definition) is 1. The lowest BCUT2D eigenvalue weighted by Crippen LogP contribution is -2.41. The van der Waals surface area contributed by atoms with Gasteiger partial charge >= 0.3 is 0 Å². The van der Waals surface area contributed by atoms with Crippen LogP contribution >= 0.6 is 0 Å². The number of anilines is 1. The molecule has 0 unspecified atom stereocenters. The smallest absolute Gasteiger partial charge is 0.252 e. The molecule has 4 rings (SSSR count). The number of rotatable bonds is 5. The number of hydrogen-bond acceptors (Lipinski definition) is 4. The Balaban J connectivity index is 1.53. The Bertz CT molecular complexity index is 827. The third kappa shape index (κ3) is 4.50. The van der Waals surface area contributed by atoms with Gasteiger partial charge in [-0.2, -0.15) is 10.1 Å². The zero-order valence-corrected chi connectivity index (χ0v) is 16.9. The Morgan fingerprint density at radius 2 is 1.89 bits per heavy atom. The Labute approximate surface area is 165 Å². The summed E-state index contributed by atoms with van der Waals surface area (Å²) in [5, 5.41) is 7.96. The van der Waals surface area contributed by atoms with Gasteiger partial charge < -0.3 is 5.32 Å². The lowest BCUT2D eigenvalue weighted by Gasteiger charge is -2.43. The summed E-state index contributed by atoms with van der Waals surface area (Å²) < 4.78 is 28.6. The fraction of sp³-hybridized carbons (Fsp3) is 0.667. The monoisotopic (exact) mass is 389 g/mol. The van der Waals surface area contributed by atoms with E-state index in [2.05, 4.69) is 34.2 Å². The van der Waals surface area contributed by atoms with Gasteiger partial charge in [0.15, 0.2) is 0 Å². The Morgan fingerprint density at radius 1 is 1.18 bits per heavy atom. The van der Waals surface area contributed by atoms with Crippen molar-refractivity contribution in [1.29, 1.82) is 0 Å². The van der Waals surface area contributed by atoms with E-state index in [1.54, 1.807) is 4.68 Å². The second kappa shape index (κ2) is 7.08. The number of aromatic nitrogens is 4. The second-order valence-corrected chi connectivity index (χ2v) is 9.36. The van der Waals surface area contributed by atoms with Crippen LogP contribution in [0.1, 0.15) is 63.8 Å². The van der Waals surface area contributed by atoms with Crippen molar-refractivity contribution in [2.45, 2.75) is 77.7 Å². The van der Waals surface area contributed by atoms with E-state index in [4.69, 9.17) is 0 Å². The molecule has 2 aliphatic carbocycles. The molecule has 0 aliphatic heterocycles. The van der Waals surface area contributed by atoms with Gasteiger partial charge in [0.05, 0.1) is 5.69 Å². The summed E-state index contributed by atoms with van der Waals surface area (Å²) in [6, 6.07) is 4.32. The topological polar surface area (TPSA) is 55.6 Å². The van der Waals surface area contributed by atoms with Crippen LogP contribution in [0.5, 0.6) is 0 Å².